The highest BCUT2D eigenvalue weighted by Crippen LogP contribution is 2.36. The maximum atomic E-state index is 13.6. The van der Waals surface area contributed by atoms with E-state index in [9.17, 15) is 14.5 Å². The van der Waals surface area contributed by atoms with Crippen LogP contribution in [0.3, 0.4) is 0 Å². The van der Waals surface area contributed by atoms with Gasteiger partial charge in [-0.25, -0.2) is 4.39 Å². The standard InChI is InChI=1S/C17H14FN3O2/c18-10-5-6-14-13(9-10)11-7-8-19-16(17(11)20-14)12-3-1-2-4-15(12)21(22)23/h1-6,9,16,19-20H,7-8H2. The summed E-state index contributed by atoms with van der Waals surface area (Å²) < 4.78 is 13.6. The van der Waals surface area contributed by atoms with Crippen molar-refractivity contribution in [1.29, 1.82) is 0 Å². The number of hydrogen-bond acceptors (Lipinski definition) is 3. The van der Waals surface area contributed by atoms with Gasteiger partial charge in [0.1, 0.15) is 5.82 Å². The third-order valence-electron chi connectivity index (χ3n) is 4.36. The molecule has 6 heteroatoms. The van der Waals surface area contributed by atoms with Gasteiger partial charge >= 0.3 is 0 Å². The number of H-pyrrole nitrogens is 1. The van der Waals surface area contributed by atoms with Crippen LogP contribution in [0.25, 0.3) is 10.9 Å². The molecule has 1 aliphatic rings. The fraction of sp³-hybridized carbons (Fsp3) is 0.176. The maximum absolute atomic E-state index is 13.6. The van der Waals surface area contributed by atoms with Gasteiger partial charge in [-0.15, -0.1) is 0 Å². The van der Waals surface area contributed by atoms with Crippen LogP contribution in [0.5, 0.6) is 0 Å². The summed E-state index contributed by atoms with van der Waals surface area (Å²) in [5, 5.41) is 15.5. The number of nitrogens with one attached hydrogen (secondary N) is 2. The van der Waals surface area contributed by atoms with Gasteiger partial charge in [0.25, 0.3) is 5.69 Å². The van der Waals surface area contributed by atoms with E-state index in [1.165, 1.54) is 18.2 Å². The molecule has 2 heterocycles. The number of aromatic nitrogens is 1. The van der Waals surface area contributed by atoms with Gasteiger partial charge in [0.2, 0.25) is 0 Å². The number of rotatable bonds is 2. The predicted molar refractivity (Wildman–Crippen MR) is 84.9 cm³/mol. The lowest BCUT2D eigenvalue weighted by atomic mass is 9.93. The summed E-state index contributed by atoms with van der Waals surface area (Å²) in [6.07, 6.45) is 0.760. The van der Waals surface area contributed by atoms with Gasteiger partial charge in [-0.3, -0.25) is 10.1 Å². The molecule has 1 aliphatic heterocycles. The highest BCUT2D eigenvalue weighted by Gasteiger charge is 2.29. The number of nitrogens with zero attached hydrogens (tertiary/aromatic N) is 1. The third-order valence-corrected chi connectivity index (χ3v) is 4.36. The average Bonchev–Trinajstić information content (AvgIpc) is 2.92. The van der Waals surface area contributed by atoms with Crippen molar-refractivity contribution in [2.24, 2.45) is 0 Å². The fourth-order valence-corrected chi connectivity index (χ4v) is 3.36. The quantitative estimate of drug-likeness (QED) is 0.562. The number of para-hydroxylation sites is 1. The van der Waals surface area contributed by atoms with E-state index in [-0.39, 0.29) is 22.5 Å². The highest BCUT2D eigenvalue weighted by molar-refractivity contribution is 5.85. The second-order valence-corrected chi connectivity index (χ2v) is 5.66. The zero-order chi connectivity index (χ0) is 16.0. The van der Waals surface area contributed by atoms with Gasteiger partial charge in [0.15, 0.2) is 0 Å². The van der Waals surface area contributed by atoms with Crippen molar-refractivity contribution in [3.8, 4) is 0 Å². The summed E-state index contributed by atoms with van der Waals surface area (Å²) in [5.74, 6) is -0.278. The number of aromatic amines is 1. The van der Waals surface area contributed by atoms with E-state index in [0.717, 1.165) is 28.6 Å². The van der Waals surface area contributed by atoms with Crippen LogP contribution < -0.4 is 5.32 Å². The van der Waals surface area contributed by atoms with E-state index in [2.05, 4.69) is 10.3 Å². The van der Waals surface area contributed by atoms with E-state index >= 15 is 0 Å². The summed E-state index contributed by atoms with van der Waals surface area (Å²) in [6.45, 7) is 0.688. The fourth-order valence-electron chi connectivity index (χ4n) is 3.36. The molecule has 0 fully saturated rings. The molecule has 23 heavy (non-hydrogen) atoms. The number of benzene rings is 2. The Labute approximate surface area is 131 Å². The number of nitro groups is 1. The van der Waals surface area contributed by atoms with Crippen LogP contribution in [0, 0.1) is 15.9 Å². The Morgan fingerprint density at radius 2 is 2.04 bits per heavy atom. The molecule has 0 radical (unpaired) electrons. The molecule has 1 atom stereocenters. The molecule has 4 rings (SSSR count). The molecule has 2 aromatic carbocycles. The SMILES string of the molecule is O=[N+]([O-])c1ccccc1C1NCCc2c1[nH]c1ccc(F)cc21. The van der Waals surface area contributed by atoms with Crippen LogP contribution in [-0.2, 0) is 6.42 Å². The van der Waals surface area contributed by atoms with Crippen LogP contribution in [0.1, 0.15) is 22.9 Å². The van der Waals surface area contributed by atoms with E-state index in [4.69, 9.17) is 0 Å². The minimum Gasteiger partial charge on any atom is -0.357 e. The number of hydrogen-bond donors (Lipinski definition) is 2. The summed E-state index contributed by atoms with van der Waals surface area (Å²) in [6, 6.07) is 11.1. The normalized spacial score (nSPS) is 17.2. The lowest BCUT2D eigenvalue weighted by molar-refractivity contribution is -0.385. The summed E-state index contributed by atoms with van der Waals surface area (Å²) in [7, 11) is 0. The van der Waals surface area contributed by atoms with E-state index < -0.39 is 0 Å². The Hall–Kier alpha value is -2.73. The van der Waals surface area contributed by atoms with Crippen LogP contribution in [0.4, 0.5) is 10.1 Å². The van der Waals surface area contributed by atoms with Crippen molar-refractivity contribution in [1.82, 2.24) is 10.3 Å². The van der Waals surface area contributed by atoms with Gasteiger partial charge in [-0.1, -0.05) is 18.2 Å². The van der Waals surface area contributed by atoms with E-state index in [1.54, 1.807) is 24.3 Å². The summed E-state index contributed by atoms with van der Waals surface area (Å²) >= 11 is 0. The maximum Gasteiger partial charge on any atom is 0.274 e. The number of nitro benzene ring substituents is 1. The Balaban J connectivity index is 1.92. The van der Waals surface area contributed by atoms with E-state index in [0.29, 0.717) is 12.1 Å². The van der Waals surface area contributed by atoms with Crippen molar-refractivity contribution in [3.63, 3.8) is 0 Å². The van der Waals surface area contributed by atoms with Crippen LogP contribution in [-0.4, -0.2) is 16.5 Å². The lowest BCUT2D eigenvalue weighted by Gasteiger charge is -2.24. The largest absolute Gasteiger partial charge is 0.357 e. The van der Waals surface area contributed by atoms with Crippen LogP contribution in [0.2, 0.25) is 0 Å². The van der Waals surface area contributed by atoms with E-state index in [1.807, 2.05) is 0 Å². The second-order valence-electron chi connectivity index (χ2n) is 5.66. The van der Waals surface area contributed by atoms with Crippen LogP contribution in [0.15, 0.2) is 42.5 Å². The van der Waals surface area contributed by atoms with Crippen molar-refractivity contribution in [2.45, 2.75) is 12.5 Å². The molecule has 0 spiro atoms. The zero-order valence-corrected chi connectivity index (χ0v) is 12.2. The number of fused-ring (bicyclic) bond motifs is 3. The van der Waals surface area contributed by atoms with Crippen molar-refractivity contribution < 1.29 is 9.31 Å². The molecule has 116 valence electrons. The Bertz CT molecular complexity index is 919. The second kappa shape index (κ2) is 5.17. The minimum atomic E-state index is -0.367. The lowest BCUT2D eigenvalue weighted by Crippen LogP contribution is -2.30. The Morgan fingerprint density at radius 1 is 1.22 bits per heavy atom. The Kier molecular flexibility index (Phi) is 3.12. The van der Waals surface area contributed by atoms with Gasteiger partial charge in [0.05, 0.1) is 16.5 Å². The van der Waals surface area contributed by atoms with Gasteiger partial charge < -0.3 is 10.3 Å². The predicted octanol–water partition coefficient (Wildman–Crippen LogP) is 3.45. The molecular weight excluding hydrogens is 297 g/mol. The molecule has 0 amide bonds. The van der Waals surface area contributed by atoms with Gasteiger partial charge in [-0.2, -0.15) is 0 Å². The van der Waals surface area contributed by atoms with Gasteiger partial charge in [-0.05, 0) is 30.2 Å². The molecule has 3 aromatic rings. The first-order valence-corrected chi connectivity index (χ1v) is 7.42. The highest BCUT2D eigenvalue weighted by atomic mass is 19.1. The molecular formula is C17H14FN3O2. The molecule has 1 unspecified atom stereocenters. The first-order chi connectivity index (χ1) is 11.1. The molecule has 0 saturated carbocycles. The smallest absolute Gasteiger partial charge is 0.274 e. The van der Waals surface area contributed by atoms with Gasteiger partial charge in [0, 0.05) is 29.2 Å². The number of halogens is 1. The molecule has 5 nitrogen and oxygen atoms in total. The van der Waals surface area contributed by atoms with Crippen molar-refractivity contribution in [3.05, 3.63) is 75.2 Å². The average molecular weight is 311 g/mol. The monoisotopic (exact) mass is 311 g/mol. The minimum absolute atomic E-state index is 0.0858. The Morgan fingerprint density at radius 3 is 2.87 bits per heavy atom. The molecule has 0 bridgehead atoms. The summed E-state index contributed by atoms with van der Waals surface area (Å²) in [5.41, 5.74) is 3.46. The first-order valence-electron chi connectivity index (χ1n) is 7.42. The molecule has 2 N–H and O–H groups in total. The van der Waals surface area contributed by atoms with Crippen LogP contribution >= 0.6 is 0 Å². The third kappa shape index (κ3) is 2.19. The molecule has 0 aliphatic carbocycles. The summed E-state index contributed by atoms with van der Waals surface area (Å²) in [4.78, 5) is 14.2. The van der Waals surface area contributed by atoms with Crippen molar-refractivity contribution >= 4 is 16.6 Å². The first kappa shape index (κ1) is 13.9. The molecule has 0 saturated heterocycles. The zero-order valence-electron chi connectivity index (χ0n) is 12.2. The van der Waals surface area contributed by atoms with Crippen molar-refractivity contribution in [2.75, 3.05) is 6.54 Å². The topological polar surface area (TPSA) is 71.0 Å². The molecule has 1 aromatic heterocycles.